The van der Waals surface area contributed by atoms with Crippen LogP contribution < -0.4 is 4.74 Å². The molecule has 1 aliphatic rings. The highest BCUT2D eigenvalue weighted by Gasteiger charge is 2.35. The van der Waals surface area contributed by atoms with Crippen molar-refractivity contribution < 1.29 is 14.6 Å². The van der Waals surface area contributed by atoms with E-state index < -0.39 is 5.60 Å². The molecule has 4 rings (SSSR count). The lowest BCUT2D eigenvalue weighted by molar-refractivity contribution is -0.0296. The maximum absolute atomic E-state index is 13.2. The average molecular weight is 394 g/mol. The molecule has 7 nitrogen and oxygen atoms in total. The van der Waals surface area contributed by atoms with Gasteiger partial charge in [0.1, 0.15) is 17.1 Å². The lowest BCUT2D eigenvalue weighted by atomic mass is 9.90. The number of carbonyl (C=O) groups excluding carboxylic acids is 1. The van der Waals surface area contributed by atoms with Crippen molar-refractivity contribution in [3.05, 3.63) is 53.7 Å². The first-order valence-electron chi connectivity index (χ1n) is 9.84. The number of rotatable bonds is 4. The zero-order valence-corrected chi connectivity index (χ0v) is 17.1. The Morgan fingerprint density at radius 2 is 2.03 bits per heavy atom. The van der Waals surface area contributed by atoms with Gasteiger partial charge < -0.3 is 19.3 Å². The van der Waals surface area contributed by atoms with Gasteiger partial charge in [-0.1, -0.05) is 12.1 Å². The van der Waals surface area contributed by atoms with E-state index in [0.717, 1.165) is 16.7 Å². The van der Waals surface area contributed by atoms with E-state index in [9.17, 15) is 9.90 Å². The highest BCUT2D eigenvalue weighted by Crippen LogP contribution is 2.28. The number of hydrogen-bond acceptors (Lipinski definition) is 5. The monoisotopic (exact) mass is 394 g/mol. The van der Waals surface area contributed by atoms with Crippen LogP contribution in [0.4, 0.5) is 0 Å². The Morgan fingerprint density at radius 1 is 1.28 bits per heavy atom. The number of methoxy groups -OCH3 is 1. The summed E-state index contributed by atoms with van der Waals surface area (Å²) in [5, 5.41) is 11.9. The molecule has 0 aliphatic carbocycles. The van der Waals surface area contributed by atoms with Crippen LogP contribution in [0.2, 0.25) is 0 Å². The number of benzene rings is 1. The molecule has 0 spiro atoms. The van der Waals surface area contributed by atoms with Gasteiger partial charge in [-0.05, 0) is 38.8 Å². The largest absolute Gasteiger partial charge is 0.494 e. The lowest BCUT2D eigenvalue weighted by Gasteiger charge is -2.38. The molecule has 1 saturated heterocycles. The number of fused-ring (bicyclic) bond motifs is 1. The number of likely N-dealkylation sites (tertiary alicyclic amines) is 1. The Kier molecular flexibility index (Phi) is 5.00. The fourth-order valence-electron chi connectivity index (χ4n) is 3.99. The Labute approximate surface area is 170 Å². The molecule has 0 radical (unpaired) electrons. The van der Waals surface area contributed by atoms with Crippen LogP contribution in [0.3, 0.4) is 0 Å². The van der Waals surface area contributed by atoms with Crippen LogP contribution in [0.25, 0.3) is 10.9 Å². The topological polar surface area (TPSA) is 80.5 Å². The van der Waals surface area contributed by atoms with Crippen molar-refractivity contribution in [2.24, 2.45) is 0 Å². The Balaban J connectivity index is 1.51. The molecule has 0 saturated carbocycles. The summed E-state index contributed by atoms with van der Waals surface area (Å²) in [6.45, 7) is 5.29. The van der Waals surface area contributed by atoms with Crippen molar-refractivity contribution in [2.45, 2.75) is 38.8 Å². The predicted molar refractivity (Wildman–Crippen MR) is 110 cm³/mol. The minimum Gasteiger partial charge on any atom is -0.494 e. The zero-order valence-electron chi connectivity index (χ0n) is 17.1. The van der Waals surface area contributed by atoms with Crippen LogP contribution in [0, 0.1) is 13.8 Å². The van der Waals surface area contributed by atoms with E-state index in [-0.39, 0.29) is 5.91 Å². The van der Waals surface area contributed by atoms with Crippen LogP contribution in [0.15, 0.2) is 36.7 Å². The normalized spacial score (nSPS) is 16.2. The Bertz CT molecular complexity index is 1050. The van der Waals surface area contributed by atoms with Crippen LogP contribution in [0.1, 0.15) is 34.7 Å². The molecule has 29 heavy (non-hydrogen) atoms. The first kappa shape index (κ1) is 19.4. The highest BCUT2D eigenvalue weighted by atomic mass is 16.5. The molecule has 2 aromatic heterocycles. The van der Waals surface area contributed by atoms with Gasteiger partial charge in [-0.2, -0.15) is 0 Å². The maximum atomic E-state index is 13.2. The molecule has 3 heterocycles. The molecule has 7 heteroatoms. The highest BCUT2D eigenvalue weighted by molar-refractivity contribution is 5.99. The van der Waals surface area contributed by atoms with Crippen molar-refractivity contribution in [1.29, 1.82) is 0 Å². The molecular weight excluding hydrogens is 368 g/mol. The van der Waals surface area contributed by atoms with Gasteiger partial charge >= 0.3 is 0 Å². The standard InChI is InChI=1S/C22H26N4O3/c1-15-18(13-17-5-4-6-19(29-3)20(17)24-15)21(27)25-10-7-22(28,8-11-25)14-26-12-9-23-16(26)2/h4-6,9,12-13,28H,7-8,10-11,14H2,1-3H3. The van der Waals surface area contributed by atoms with E-state index in [1.165, 1.54) is 0 Å². The first-order valence-corrected chi connectivity index (χ1v) is 9.84. The second kappa shape index (κ2) is 7.48. The van der Waals surface area contributed by atoms with E-state index in [1.54, 1.807) is 13.3 Å². The summed E-state index contributed by atoms with van der Waals surface area (Å²) >= 11 is 0. The molecule has 0 unspecified atom stereocenters. The number of amides is 1. The number of carbonyl (C=O) groups is 1. The second-order valence-electron chi connectivity index (χ2n) is 7.77. The second-order valence-corrected chi connectivity index (χ2v) is 7.77. The quantitative estimate of drug-likeness (QED) is 0.736. The number of ether oxygens (including phenoxy) is 1. The fraction of sp³-hybridized carbons (Fsp3) is 0.409. The van der Waals surface area contributed by atoms with Crippen molar-refractivity contribution in [3.63, 3.8) is 0 Å². The summed E-state index contributed by atoms with van der Waals surface area (Å²) in [7, 11) is 1.62. The molecule has 3 aromatic rings. The number of para-hydroxylation sites is 1. The number of aliphatic hydroxyl groups is 1. The summed E-state index contributed by atoms with van der Waals surface area (Å²) in [5.41, 5.74) is 1.21. The van der Waals surface area contributed by atoms with E-state index in [0.29, 0.717) is 49.5 Å². The minimum absolute atomic E-state index is 0.0411. The van der Waals surface area contributed by atoms with Gasteiger partial charge in [0.25, 0.3) is 5.91 Å². The molecule has 1 aliphatic heterocycles. The van der Waals surface area contributed by atoms with Crippen LogP contribution in [-0.4, -0.2) is 56.2 Å². The Morgan fingerprint density at radius 3 is 2.69 bits per heavy atom. The van der Waals surface area contributed by atoms with Gasteiger partial charge in [0, 0.05) is 30.9 Å². The summed E-state index contributed by atoms with van der Waals surface area (Å²) < 4.78 is 7.34. The molecule has 1 fully saturated rings. The van der Waals surface area contributed by atoms with E-state index in [4.69, 9.17) is 4.74 Å². The number of imidazole rings is 1. The van der Waals surface area contributed by atoms with Crippen molar-refractivity contribution in [2.75, 3.05) is 20.2 Å². The molecule has 152 valence electrons. The molecule has 1 aromatic carbocycles. The fourth-order valence-corrected chi connectivity index (χ4v) is 3.99. The first-order chi connectivity index (χ1) is 13.9. The van der Waals surface area contributed by atoms with Crippen molar-refractivity contribution in [1.82, 2.24) is 19.4 Å². The van der Waals surface area contributed by atoms with Crippen LogP contribution >= 0.6 is 0 Å². The zero-order chi connectivity index (χ0) is 20.6. The molecule has 0 bridgehead atoms. The molecule has 1 amide bonds. The molecular formula is C22H26N4O3. The lowest BCUT2D eigenvalue weighted by Crippen LogP contribution is -2.48. The van der Waals surface area contributed by atoms with Gasteiger partial charge in [0.05, 0.1) is 30.5 Å². The van der Waals surface area contributed by atoms with E-state index in [1.807, 2.05) is 53.8 Å². The third-order valence-electron chi connectivity index (χ3n) is 5.82. The van der Waals surface area contributed by atoms with Gasteiger partial charge in [0.2, 0.25) is 0 Å². The van der Waals surface area contributed by atoms with Crippen molar-refractivity contribution >= 4 is 16.8 Å². The van der Waals surface area contributed by atoms with E-state index in [2.05, 4.69) is 9.97 Å². The maximum Gasteiger partial charge on any atom is 0.255 e. The van der Waals surface area contributed by atoms with Gasteiger partial charge in [-0.3, -0.25) is 4.79 Å². The van der Waals surface area contributed by atoms with Crippen LogP contribution in [-0.2, 0) is 6.54 Å². The number of aryl methyl sites for hydroxylation is 2. The minimum atomic E-state index is -0.827. The summed E-state index contributed by atoms with van der Waals surface area (Å²) in [6, 6.07) is 7.58. The third-order valence-corrected chi connectivity index (χ3v) is 5.82. The number of aromatic nitrogens is 3. The average Bonchev–Trinajstić information content (AvgIpc) is 3.11. The van der Waals surface area contributed by atoms with E-state index >= 15 is 0 Å². The Hall–Kier alpha value is -2.93. The molecule has 0 atom stereocenters. The number of nitrogens with zero attached hydrogens (tertiary/aromatic N) is 4. The van der Waals surface area contributed by atoms with Crippen LogP contribution in [0.5, 0.6) is 5.75 Å². The summed E-state index contributed by atoms with van der Waals surface area (Å²) in [4.78, 5) is 23.8. The van der Waals surface area contributed by atoms with Gasteiger partial charge in [-0.15, -0.1) is 0 Å². The molecule has 1 N–H and O–H groups in total. The number of piperidine rings is 1. The van der Waals surface area contributed by atoms with Gasteiger partial charge in [0.15, 0.2) is 0 Å². The third kappa shape index (κ3) is 3.70. The summed E-state index contributed by atoms with van der Waals surface area (Å²) in [6.07, 6.45) is 4.68. The van der Waals surface area contributed by atoms with Crippen molar-refractivity contribution in [3.8, 4) is 5.75 Å². The van der Waals surface area contributed by atoms with Gasteiger partial charge in [-0.25, -0.2) is 9.97 Å². The smallest absolute Gasteiger partial charge is 0.255 e. The SMILES string of the molecule is COc1cccc2cc(C(=O)N3CCC(O)(Cn4ccnc4C)CC3)c(C)nc12. The summed E-state index contributed by atoms with van der Waals surface area (Å²) in [5.74, 6) is 1.54. The number of pyridine rings is 1. The number of hydrogen-bond donors (Lipinski definition) is 1. The predicted octanol–water partition coefficient (Wildman–Crippen LogP) is 2.72.